The Balaban J connectivity index is 1.58. The fraction of sp³-hybridized carbons (Fsp3) is 0.125. The van der Waals surface area contributed by atoms with Crippen LogP contribution in [-0.2, 0) is 14.8 Å². The summed E-state index contributed by atoms with van der Waals surface area (Å²) in [5, 5.41) is 10.6. The van der Waals surface area contributed by atoms with E-state index in [1.165, 1.54) is 6.07 Å². The number of sulfonamides is 1. The van der Waals surface area contributed by atoms with E-state index in [1.54, 1.807) is 19.2 Å². The average molecular weight is 465 g/mol. The van der Waals surface area contributed by atoms with Crippen molar-refractivity contribution in [1.82, 2.24) is 9.71 Å². The normalized spacial score (nSPS) is 13.3. The molecule has 0 bridgehead atoms. The molecule has 2 atom stereocenters. The van der Waals surface area contributed by atoms with Crippen molar-refractivity contribution >= 4 is 38.2 Å². The molecule has 6 nitrogen and oxygen atoms in total. The van der Waals surface area contributed by atoms with E-state index >= 15 is 0 Å². The molecule has 32 heavy (non-hydrogen) atoms. The summed E-state index contributed by atoms with van der Waals surface area (Å²) in [6.07, 6.45) is 1.72. The van der Waals surface area contributed by atoms with Crippen molar-refractivity contribution < 1.29 is 18.3 Å². The van der Waals surface area contributed by atoms with Crippen molar-refractivity contribution in [3.05, 3.63) is 88.9 Å². The highest BCUT2D eigenvalue weighted by Crippen LogP contribution is 2.29. The van der Waals surface area contributed by atoms with E-state index in [-0.39, 0.29) is 4.21 Å². The van der Waals surface area contributed by atoms with Crippen molar-refractivity contribution in [3.63, 3.8) is 0 Å². The molecule has 162 valence electrons. The third-order valence-electron chi connectivity index (χ3n) is 5.11. The van der Waals surface area contributed by atoms with Crippen LogP contribution in [-0.4, -0.2) is 30.5 Å². The molecular weight excluding hydrogens is 444 g/mol. The Morgan fingerprint density at radius 1 is 1.03 bits per heavy atom. The first-order valence-electron chi connectivity index (χ1n) is 9.83. The lowest BCUT2D eigenvalue weighted by molar-refractivity contribution is -0.139. The van der Waals surface area contributed by atoms with Gasteiger partial charge < -0.3 is 10.1 Å². The molecule has 0 saturated heterocycles. The lowest BCUT2D eigenvalue weighted by Gasteiger charge is -2.21. The summed E-state index contributed by atoms with van der Waals surface area (Å²) >= 11 is 1.00. The quantitative estimate of drug-likeness (QED) is 0.373. The fourth-order valence-electron chi connectivity index (χ4n) is 3.43. The second kappa shape index (κ2) is 9.01. The molecule has 0 aliphatic rings. The SMILES string of the molecule is CC(c1c[nH]c2ccccc12)[C@H](NS(=O)(=O)c1ccc(C#Cc2ccccc2)s1)C(=O)O. The third-order valence-corrected chi connectivity index (χ3v) is 8.04. The summed E-state index contributed by atoms with van der Waals surface area (Å²) < 4.78 is 28.3. The minimum absolute atomic E-state index is 0.0206. The number of thiophene rings is 1. The molecule has 4 aromatic rings. The van der Waals surface area contributed by atoms with E-state index in [0.29, 0.717) is 4.88 Å². The minimum Gasteiger partial charge on any atom is -0.480 e. The maximum Gasteiger partial charge on any atom is 0.322 e. The van der Waals surface area contributed by atoms with Crippen molar-refractivity contribution in [3.8, 4) is 11.8 Å². The van der Waals surface area contributed by atoms with Crippen LogP contribution in [0.5, 0.6) is 0 Å². The molecule has 4 rings (SSSR count). The number of carbonyl (C=O) groups is 1. The van der Waals surface area contributed by atoms with Gasteiger partial charge >= 0.3 is 5.97 Å². The summed E-state index contributed by atoms with van der Waals surface area (Å²) in [5.41, 5.74) is 2.42. The second-order valence-electron chi connectivity index (χ2n) is 7.25. The summed E-state index contributed by atoms with van der Waals surface area (Å²) in [6, 6.07) is 18.6. The smallest absolute Gasteiger partial charge is 0.322 e. The predicted octanol–water partition coefficient (Wildman–Crippen LogP) is 4.16. The molecule has 2 heterocycles. The van der Waals surface area contributed by atoms with Crippen LogP contribution >= 0.6 is 11.3 Å². The molecule has 0 aliphatic heterocycles. The van der Waals surface area contributed by atoms with Gasteiger partial charge in [0.2, 0.25) is 0 Å². The molecular formula is C24H20N2O4S2. The summed E-state index contributed by atoms with van der Waals surface area (Å²) in [6.45, 7) is 1.70. The van der Waals surface area contributed by atoms with E-state index in [4.69, 9.17) is 0 Å². The highest BCUT2D eigenvalue weighted by molar-refractivity contribution is 7.91. The summed E-state index contributed by atoms with van der Waals surface area (Å²) in [7, 11) is -4.05. The zero-order valence-corrected chi connectivity index (χ0v) is 18.7. The predicted molar refractivity (Wildman–Crippen MR) is 125 cm³/mol. The lowest BCUT2D eigenvalue weighted by Crippen LogP contribution is -2.43. The van der Waals surface area contributed by atoms with Crippen molar-refractivity contribution in [1.29, 1.82) is 0 Å². The standard InChI is InChI=1S/C24H20N2O4S2/c1-16(20-15-25-21-10-6-5-9-19(20)21)23(24(27)28)26-32(29,30)22-14-13-18(31-22)12-11-17-7-3-2-4-8-17/h2-10,13-16,23,25-26H,1H3,(H,27,28)/t16?,23-/m0/s1. The number of hydrogen-bond acceptors (Lipinski definition) is 4. The van der Waals surface area contributed by atoms with Crippen LogP contribution in [0.1, 0.15) is 28.8 Å². The lowest BCUT2D eigenvalue weighted by atomic mass is 9.93. The van der Waals surface area contributed by atoms with Gasteiger partial charge in [0.05, 0.1) is 4.88 Å². The van der Waals surface area contributed by atoms with Gasteiger partial charge in [-0.1, -0.05) is 55.2 Å². The maximum absolute atomic E-state index is 13.0. The van der Waals surface area contributed by atoms with Crippen LogP contribution in [0.3, 0.4) is 0 Å². The Hall–Kier alpha value is -3.38. The van der Waals surface area contributed by atoms with Gasteiger partial charge in [-0.05, 0) is 35.9 Å². The second-order valence-corrected chi connectivity index (χ2v) is 10.3. The highest BCUT2D eigenvalue weighted by atomic mass is 32.2. The molecule has 0 aliphatic carbocycles. The van der Waals surface area contributed by atoms with Crippen LogP contribution in [0.4, 0.5) is 0 Å². The molecule has 0 saturated carbocycles. The van der Waals surface area contributed by atoms with Crippen LogP contribution in [0, 0.1) is 11.8 Å². The number of benzene rings is 2. The van der Waals surface area contributed by atoms with Crippen molar-refractivity contribution in [2.45, 2.75) is 23.1 Å². The molecule has 1 unspecified atom stereocenters. The van der Waals surface area contributed by atoms with Gasteiger partial charge in [-0.2, -0.15) is 4.72 Å². The molecule has 2 aromatic carbocycles. The van der Waals surface area contributed by atoms with E-state index < -0.39 is 28.0 Å². The number of nitrogens with one attached hydrogen (secondary N) is 2. The van der Waals surface area contributed by atoms with Crippen LogP contribution in [0.15, 0.2) is 77.1 Å². The van der Waals surface area contributed by atoms with Crippen LogP contribution in [0.25, 0.3) is 10.9 Å². The summed E-state index contributed by atoms with van der Waals surface area (Å²) in [4.78, 5) is 15.7. The number of aromatic nitrogens is 1. The number of hydrogen-bond donors (Lipinski definition) is 3. The Kier molecular flexibility index (Phi) is 6.15. The Bertz CT molecular complexity index is 1430. The third kappa shape index (κ3) is 4.60. The van der Waals surface area contributed by atoms with Crippen LogP contribution in [0.2, 0.25) is 0 Å². The van der Waals surface area contributed by atoms with E-state index in [0.717, 1.165) is 33.4 Å². The van der Waals surface area contributed by atoms with E-state index in [2.05, 4.69) is 21.5 Å². The average Bonchev–Trinajstić information content (AvgIpc) is 3.44. The Labute approximate surface area is 190 Å². The molecule has 3 N–H and O–H groups in total. The maximum atomic E-state index is 13.0. The monoisotopic (exact) mass is 464 g/mol. The van der Waals surface area contributed by atoms with E-state index in [9.17, 15) is 18.3 Å². The fourth-order valence-corrected chi connectivity index (χ4v) is 5.87. The zero-order chi connectivity index (χ0) is 22.7. The van der Waals surface area contributed by atoms with Crippen molar-refractivity contribution in [2.24, 2.45) is 0 Å². The highest BCUT2D eigenvalue weighted by Gasteiger charge is 2.33. The molecule has 8 heteroatoms. The first-order chi connectivity index (χ1) is 15.3. The van der Waals surface area contributed by atoms with Gasteiger partial charge in [0, 0.05) is 28.6 Å². The van der Waals surface area contributed by atoms with Gasteiger partial charge in [0.1, 0.15) is 10.3 Å². The number of carboxylic acid groups (broad SMARTS) is 1. The van der Waals surface area contributed by atoms with E-state index in [1.807, 2.05) is 54.6 Å². The number of para-hydroxylation sites is 1. The number of H-pyrrole nitrogens is 1. The molecule has 0 spiro atoms. The number of aromatic amines is 1. The molecule has 0 fully saturated rings. The van der Waals surface area contributed by atoms with Gasteiger partial charge in [-0.3, -0.25) is 4.79 Å². The summed E-state index contributed by atoms with van der Waals surface area (Å²) in [5.74, 6) is 4.09. The van der Waals surface area contributed by atoms with Gasteiger partial charge in [-0.25, -0.2) is 8.42 Å². The minimum atomic E-state index is -4.05. The molecule has 2 aromatic heterocycles. The van der Waals surface area contributed by atoms with Gasteiger partial charge in [0.25, 0.3) is 10.0 Å². The number of aliphatic carboxylic acids is 1. The first-order valence-corrected chi connectivity index (χ1v) is 12.1. The van der Waals surface area contributed by atoms with Crippen molar-refractivity contribution in [2.75, 3.05) is 0 Å². The largest absolute Gasteiger partial charge is 0.480 e. The van der Waals surface area contributed by atoms with Gasteiger partial charge in [-0.15, -0.1) is 11.3 Å². The molecule has 0 amide bonds. The number of rotatable bonds is 6. The Morgan fingerprint density at radius 2 is 1.75 bits per heavy atom. The molecule has 0 radical (unpaired) electrons. The van der Waals surface area contributed by atoms with Crippen LogP contribution < -0.4 is 4.72 Å². The number of fused-ring (bicyclic) bond motifs is 1. The first kappa shape index (κ1) is 21.8. The Morgan fingerprint density at radius 3 is 2.50 bits per heavy atom. The number of carboxylic acids is 1. The van der Waals surface area contributed by atoms with Gasteiger partial charge in [0.15, 0.2) is 0 Å². The zero-order valence-electron chi connectivity index (χ0n) is 17.1. The topological polar surface area (TPSA) is 99.3 Å².